The van der Waals surface area contributed by atoms with Crippen LogP contribution < -0.4 is 5.32 Å². The van der Waals surface area contributed by atoms with Gasteiger partial charge in [-0.1, -0.05) is 32.4 Å². The second-order valence-electron chi connectivity index (χ2n) is 4.61. The van der Waals surface area contributed by atoms with Crippen LogP contribution in [0.3, 0.4) is 0 Å². The molecule has 0 fully saturated rings. The molecule has 1 aromatic rings. The van der Waals surface area contributed by atoms with Gasteiger partial charge in [-0.05, 0) is 32.0 Å². The Kier molecular flexibility index (Phi) is 5.94. The van der Waals surface area contributed by atoms with Crippen LogP contribution in [0.2, 0.25) is 0 Å². The summed E-state index contributed by atoms with van der Waals surface area (Å²) in [4.78, 5) is -0.196. The maximum atomic E-state index is 13.7. The van der Waals surface area contributed by atoms with Crippen molar-refractivity contribution < 1.29 is 12.8 Å². The van der Waals surface area contributed by atoms with Gasteiger partial charge in [-0.25, -0.2) is 12.8 Å². The van der Waals surface area contributed by atoms with Crippen LogP contribution in [0.15, 0.2) is 29.2 Å². The van der Waals surface area contributed by atoms with Gasteiger partial charge in [-0.3, -0.25) is 0 Å². The zero-order valence-electron chi connectivity index (χ0n) is 11.7. The largest absolute Gasteiger partial charge is 0.316 e. The van der Waals surface area contributed by atoms with E-state index in [9.17, 15) is 12.8 Å². The first-order valence-electron chi connectivity index (χ1n) is 6.64. The van der Waals surface area contributed by atoms with Crippen molar-refractivity contribution in [3.63, 3.8) is 0 Å². The van der Waals surface area contributed by atoms with Gasteiger partial charge in [0.1, 0.15) is 10.7 Å². The van der Waals surface area contributed by atoms with Crippen molar-refractivity contribution in [3.05, 3.63) is 30.1 Å². The number of sulfone groups is 1. The van der Waals surface area contributed by atoms with E-state index >= 15 is 0 Å². The van der Waals surface area contributed by atoms with Crippen molar-refractivity contribution in [2.45, 2.75) is 49.3 Å². The lowest BCUT2D eigenvalue weighted by Gasteiger charge is -2.25. The third-order valence-electron chi connectivity index (χ3n) is 3.36. The fourth-order valence-corrected chi connectivity index (χ4v) is 4.46. The van der Waals surface area contributed by atoms with Crippen molar-refractivity contribution in [1.29, 1.82) is 0 Å². The number of nitrogens with one attached hydrogen (secondary N) is 1. The lowest BCUT2D eigenvalue weighted by Crippen LogP contribution is -2.42. The molecule has 0 aliphatic carbocycles. The number of hydrogen-bond donors (Lipinski definition) is 1. The monoisotopic (exact) mass is 287 g/mol. The Balaban J connectivity index is 3.19. The van der Waals surface area contributed by atoms with E-state index in [2.05, 4.69) is 5.32 Å². The molecule has 0 aromatic heterocycles. The van der Waals surface area contributed by atoms with Gasteiger partial charge < -0.3 is 5.32 Å². The molecule has 2 atom stereocenters. The minimum atomic E-state index is -3.65. The highest BCUT2D eigenvalue weighted by molar-refractivity contribution is 7.92. The SMILES string of the molecule is CCCC(NC)C(CC)S(=O)(=O)c1ccccc1F. The van der Waals surface area contributed by atoms with E-state index in [1.807, 2.05) is 13.8 Å². The van der Waals surface area contributed by atoms with Crippen molar-refractivity contribution in [2.24, 2.45) is 0 Å². The van der Waals surface area contributed by atoms with E-state index in [0.717, 1.165) is 12.8 Å². The molecule has 0 bridgehead atoms. The van der Waals surface area contributed by atoms with Crippen LogP contribution >= 0.6 is 0 Å². The molecule has 19 heavy (non-hydrogen) atoms. The molecule has 1 N–H and O–H groups in total. The molecular formula is C14H22FNO2S. The maximum absolute atomic E-state index is 13.7. The van der Waals surface area contributed by atoms with E-state index in [-0.39, 0.29) is 10.9 Å². The first kappa shape index (κ1) is 16.1. The Bertz CT molecular complexity index is 502. The molecule has 0 saturated heterocycles. The molecule has 0 saturated carbocycles. The Morgan fingerprint density at radius 3 is 2.37 bits per heavy atom. The summed E-state index contributed by atoms with van der Waals surface area (Å²) in [5.74, 6) is -0.674. The van der Waals surface area contributed by atoms with Crippen molar-refractivity contribution in [1.82, 2.24) is 5.32 Å². The van der Waals surface area contributed by atoms with Crippen molar-refractivity contribution in [2.75, 3.05) is 7.05 Å². The minimum absolute atomic E-state index is 0.153. The van der Waals surface area contributed by atoms with Gasteiger partial charge in [0.15, 0.2) is 9.84 Å². The summed E-state index contributed by atoms with van der Waals surface area (Å²) < 4.78 is 38.9. The van der Waals surface area contributed by atoms with Crippen molar-refractivity contribution >= 4 is 9.84 Å². The number of rotatable bonds is 7. The van der Waals surface area contributed by atoms with E-state index < -0.39 is 20.9 Å². The molecule has 5 heteroatoms. The van der Waals surface area contributed by atoms with Crippen LogP contribution in [-0.2, 0) is 9.84 Å². The number of hydrogen-bond acceptors (Lipinski definition) is 3. The Morgan fingerprint density at radius 1 is 1.26 bits per heavy atom. The summed E-state index contributed by atoms with van der Waals surface area (Å²) in [7, 11) is -1.90. The smallest absolute Gasteiger partial charge is 0.185 e. The van der Waals surface area contributed by atoms with Gasteiger partial charge in [0.25, 0.3) is 0 Å². The molecule has 0 heterocycles. The van der Waals surface area contributed by atoms with Crippen LogP contribution in [0.25, 0.3) is 0 Å². The average Bonchev–Trinajstić information content (AvgIpc) is 2.38. The van der Waals surface area contributed by atoms with Gasteiger partial charge in [-0.15, -0.1) is 0 Å². The van der Waals surface area contributed by atoms with E-state index in [1.165, 1.54) is 18.2 Å². The fourth-order valence-electron chi connectivity index (χ4n) is 2.39. The summed E-state index contributed by atoms with van der Waals surface area (Å²) in [6.07, 6.45) is 2.10. The Labute approximate surface area is 115 Å². The highest BCUT2D eigenvalue weighted by atomic mass is 32.2. The minimum Gasteiger partial charge on any atom is -0.316 e. The average molecular weight is 287 g/mol. The summed E-state index contributed by atoms with van der Waals surface area (Å²) in [5, 5.41) is 2.45. The summed E-state index contributed by atoms with van der Waals surface area (Å²) in [6, 6.07) is 5.42. The molecule has 0 radical (unpaired) electrons. The van der Waals surface area contributed by atoms with Crippen LogP contribution in [-0.4, -0.2) is 26.8 Å². The topological polar surface area (TPSA) is 46.2 Å². The summed E-state index contributed by atoms with van der Waals surface area (Å²) in [5.41, 5.74) is 0. The second-order valence-corrected chi connectivity index (χ2v) is 6.74. The van der Waals surface area contributed by atoms with E-state index in [1.54, 1.807) is 13.1 Å². The molecule has 0 aliphatic rings. The standard InChI is InChI=1S/C14H22FNO2S/c1-4-8-12(16-3)13(5-2)19(17,18)14-10-7-6-9-11(14)15/h6-7,9-10,12-13,16H,4-5,8H2,1-3H3. The second kappa shape index (κ2) is 7.01. The Hall–Kier alpha value is -0.940. The highest BCUT2D eigenvalue weighted by Gasteiger charge is 2.33. The molecule has 0 aliphatic heterocycles. The van der Waals surface area contributed by atoms with Crippen LogP contribution in [0.4, 0.5) is 4.39 Å². The molecule has 0 spiro atoms. The number of halogens is 1. The predicted octanol–water partition coefficient (Wildman–Crippen LogP) is 2.77. The summed E-state index contributed by atoms with van der Waals surface area (Å²) in [6.45, 7) is 3.83. The first-order valence-corrected chi connectivity index (χ1v) is 8.19. The normalized spacial score (nSPS) is 15.2. The molecule has 108 valence electrons. The quantitative estimate of drug-likeness (QED) is 0.839. The molecule has 1 aromatic carbocycles. The van der Waals surface area contributed by atoms with Crippen molar-refractivity contribution in [3.8, 4) is 0 Å². The Morgan fingerprint density at radius 2 is 1.89 bits per heavy atom. The lowest BCUT2D eigenvalue weighted by atomic mass is 10.1. The molecule has 3 nitrogen and oxygen atoms in total. The van der Waals surface area contributed by atoms with Crippen LogP contribution in [0, 0.1) is 5.82 Å². The van der Waals surface area contributed by atoms with Gasteiger partial charge in [0, 0.05) is 6.04 Å². The molecule has 1 rings (SSSR count). The van der Waals surface area contributed by atoms with E-state index in [0.29, 0.717) is 6.42 Å². The van der Waals surface area contributed by atoms with Gasteiger partial charge in [-0.2, -0.15) is 0 Å². The number of benzene rings is 1. The van der Waals surface area contributed by atoms with Gasteiger partial charge in [0.05, 0.1) is 5.25 Å². The lowest BCUT2D eigenvalue weighted by molar-refractivity contribution is 0.461. The molecule has 2 unspecified atom stereocenters. The molecular weight excluding hydrogens is 265 g/mol. The van der Waals surface area contributed by atoms with Crippen LogP contribution in [0.5, 0.6) is 0 Å². The van der Waals surface area contributed by atoms with Gasteiger partial charge in [0.2, 0.25) is 0 Å². The first-order chi connectivity index (χ1) is 8.98. The summed E-state index contributed by atoms with van der Waals surface area (Å²) >= 11 is 0. The van der Waals surface area contributed by atoms with Crippen LogP contribution in [0.1, 0.15) is 33.1 Å². The fraction of sp³-hybridized carbons (Fsp3) is 0.571. The highest BCUT2D eigenvalue weighted by Crippen LogP contribution is 2.24. The third kappa shape index (κ3) is 3.54. The van der Waals surface area contributed by atoms with Gasteiger partial charge >= 0.3 is 0 Å². The maximum Gasteiger partial charge on any atom is 0.185 e. The third-order valence-corrected chi connectivity index (χ3v) is 5.77. The van der Waals surface area contributed by atoms with E-state index in [4.69, 9.17) is 0 Å². The predicted molar refractivity (Wildman–Crippen MR) is 75.4 cm³/mol. The zero-order valence-corrected chi connectivity index (χ0v) is 12.5. The zero-order chi connectivity index (χ0) is 14.5. The molecule has 0 amide bonds.